The van der Waals surface area contributed by atoms with Crippen LogP contribution in [0.4, 0.5) is 4.39 Å². The highest BCUT2D eigenvalue weighted by molar-refractivity contribution is 6.01. The van der Waals surface area contributed by atoms with Crippen molar-refractivity contribution >= 4 is 5.78 Å². The van der Waals surface area contributed by atoms with Crippen molar-refractivity contribution in [3.05, 3.63) is 35.1 Å². The molecule has 0 saturated carbocycles. The number of hydrogen-bond donors (Lipinski definition) is 1. The highest BCUT2D eigenvalue weighted by Crippen LogP contribution is 2.32. The second kappa shape index (κ2) is 2.92. The number of benzene rings is 1. The minimum atomic E-state index is -0.398. The molecule has 2 rings (SSSR count). The molecule has 0 bridgehead atoms. The Bertz CT molecular complexity index is 360. The predicted molar refractivity (Wildman–Crippen MR) is 45.2 cm³/mol. The van der Waals surface area contributed by atoms with E-state index in [0.717, 1.165) is 5.56 Å². The summed E-state index contributed by atoms with van der Waals surface area (Å²) in [5, 5.41) is 8.95. The van der Waals surface area contributed by atoms with Gasteiger partial charge in [0.15, 0.2) is 5.78 Å². The highest BCUT2D eigenvalue weighted by Gasteiger charge is 2.28. The third-order valence-corrected chi connectivity index (χ3v) is 2.41. The average Bonchev–Trinajstić information content (AvgIpc) is 2.43. The summed E-state index contributed by atoms with van der Waals surface area (Å²) in [4.78, 5) is 11.3. The molecule has 0 fully saturated rings. The number of ketones is 1. The third kappa shape index (κ3) is 1.25. The van der Waals surface area contributed by atoms with Gasteiger partial charge in [-0.2, -0.15) is 0 Å². The van der Waals surface area contributed by atoms with E-state index in [4.69, 9.17) is 5.11 Å². The second-order valence-electron chi connectivity index (χ2n) is 3.24. The first-order valence-corrected chi connectivity index (χ1v) is 4.16. The fraction of sp³-hybridized carbons (Fsp3) is 0.300. The van der Waals surface area contributed by atoms with Crippen LogP contribution in [0.3, 0.4) is 0 Å². The van der Waals surface area contributed by atoms with Crippen LogP contribution in [-0.2, 0) is 0 Å². The zero-order valence-electron chi connectivity index (χ0n) is 6.96. The van der Waals surface area contributed by atoms with Gasteiger partial charge in [-0.1, -0.05) is 6.07 Å². The summed E-state index contributed by atoms with van der Waals surface area (Å²) >= 11 is 0. The summed E-state index contributed by atoms with van der Waals surface area (Å²) in [5.41, 5.74) is 1.20. The quantitative estimate of drug-likeness (QED) is 0.710. The number of fused-ring (bicyclic) bond motifs is 1. The summed E-state index contributed by atoms with van der Waals surface area (Å²) in [6.45, 7) is -0.0512. The highest BCUT2D eigenvalue weighted by atomic mass is 19.1. The van der Waals surface area contributed by atoms with E-state index in [-0.39, 0.29) is 18.3 Å². The summed E-state index contributed by atoms with van der Waals surface area (Å²) in [7, 11) is 0. The number of hydrogen-bond acceptors (Lipinski definition) is 2. The van der Waals surface area contributed by atoms with Crippen molar-refractivity contribution in [3.63, 3.8) is 0 Å². The van der Waals surface area contributed by atoms with Crippen molar-refractivity contribution in [3.8, 4) is 0 Å². The predicted octanol–water partition coefficient (Wildman–Crippen LogP) is 1.49. The van der Waals surface area contributed by atoms with Crippen molar-refractivity contribution in [2.75, 3.05) is 6.61 Å². The molecule has 1 aliphatic carbocycles. The van der Waals surface area contributed by atoms with Crippen LogP contribution in [0, 0.1) is 5.82 Å². The van der Waals surface area contributed by atoms with E-state index in [1.54, 1.807) is 6.07 Å². The molecule has 3 heteroatoms. The second-order valence-corrected chi connectivity index (χ2v) is 3.24. The number of halogens is 1. The molecule has 1 unspecified atom stereocenters. The zero-order valence-corrected chi connectivity index (χ0v) is 6.96. The Labute approximate surface area is 75.0 Å². The van der Waals surface area contributed by atoms with E-state index in [1.807, 2.05) is 0 Å². The lowest BCUT2D eigenvalue weighted by Crippen LogP contribution is -1.99. The molecule has 1 aromatic carbocycles. The summed E-state index contributed by atoms with van der Waals surface area (Å²) in [6, 6.07) is 4.14. The normalized spacial score (nSPS) is 20.5. The van der Waals surface area contributed by atoms with Gasteiger partial charge in [-0.15, -0.1) is 0 Å². The number of rotatable bonds is 1. The molecule has 1 atom stereocenters. The molecule has 13 heavy (non-hydrogen) atoms. The lowest BCUT2D eigenvalue weighted by molar-refractivity contribution is 0.0980. The van der Waals surface area contributed by atoms with E-state index in [0.29, 0.717) is 12.0 Å². The lowest BCUT2D eigenvalue weighted by Gasteiger charge is -2.04. The average molecular weight is 180 g/mol. The van der Waals surface area contributed by atoms with Crippen LogP contribution < -0.4 is 0 Å². The molecule has 68 valence electrons. The Kier molecular flexibility index (Phi) is 1.88. The number of aliphatic hydroxyl groups is 1. The molecule has 2 nitrogen and oxygen atoms in total. The topological polar surface area (TPSA) is 37.3 Å². The standard InChI is InChI=1S/C10H9FO2/c11-7-1-2-8-6(5-12)3-10(13)9(8)4-7/h1-2,4,6,12H,3,5H2. The van der Waals surface area contributed by atoms with Gasteiger partial charge in [-0.25, -0.2) is 4.39 Å². The van der Waals surface area contributed by atoms with Crippen LogP contribution in [-0.4, -0.2) is 17.5 Å². The molecule has 1 aliphatic rings. The van der Waals surface area contributed by atoms with Crippen LogP contribution in [0.1, 0.15) is 28.3 Å². The molecular formula is C10H9FO2. The fourth-order valence-corrected chi connectivity index (χ4v) is 1.73. The van der Waals surface area contributed by atoms with Crippen molar-refractivity contribution < 1.29 is 14.3 Å². The number of Topliss-reactive ketones (excluding diaryl/α,β-unsaturated/α-hetero) is 1. The molecule has 0 aliphatic heterocycles. The van der Waals surface area contributed by atoms with Crippen LogP contribution in [0.25, 0.3) is 0 Å². The molecule has 0 spiro atoms. The SMILES string of the molecule is O=C1CC(CO)c2ccc(F)cc21. The van der Waals surface area contributed by atoms with Gasteiger partial charge in [-0.3, -0.25) is 4.79 Å². The Balaban J connectivity index is 2.52. The summed E-state index contributed by atoms with van der Waals surface area (Å²) < 4.78 is 12.8. The van der Waals surface area contributed by atoms with E-state index in [2.05, 4.69) is 0 Å². The third-order valence-electron chi connectivity index (χ3n) is 2.41. The maximum atomic E-state index is 12.8. The van der Waals surface area contributed by atoms with Gasteiger partial charge in [0.2, 0.25) is 0 Å². The molecule has 0 radical (unpaired) electrons. The van der Waals surface area contributed by atoms with E-state index < -0.39 is 5.82 Å². The molecule has 1 aromatic rings. The number of aliphatic hydroxyl groups excluding tert-OH is 1. The van der Waals surface area contributed by atoms with Gasteiger partial charge in [0, 0.05) is 17.9 Å². The first-order valence-electron chi connectivity index (χ1n) is 4.16. The largest absolute Gasteiger partial charge is 0.396 e. The summed E-state index contributed by atoms with van der Waals surface area (Å²) in [5.74, 6) is -0.609. The molecular weight excluding hydrogens is 171 g/mol. The lowest BCUT2D eigenvalue weighted by atomic mass is 10.0. The molecule has 0 heterocycles. The molecule has 0 aromatic heterocycles. The van der Waals surface area contributed by atoms with Gasteiger partial charge in [0.1, 0.15) is 5.82 Å². The Morgan fingerprint density at radius 1 is 1.54 bits per heavy atom. The van der Waals surface area contributed by atoms with Gasteiger partial charge < -0.3 is 5.11 Å². The monoisotopic (exact) mass is 180 g/mol. The van der Waals surface area contributed by atoms with Crippen molar-refractivity contribution in [1.82, 2.24) is 0 Å². The van der Waals surface area contributed by atoms with E-state index in [1.165, 1.54) is 12.1 Å². The fourth-order valence-electron chi connectivity index (χ4n) is 1.73. The summed E-state index contributed by atoms with van der Waals surface area (Å²) in [6.07, 6.45) is 0.301. The molecule has 1 N–H and O–H groups in total. The minimum Gasteiger partial charge on any atom is -0.396 e. The van der Waals surface area contributed by atoms with Gasteiger partial charge >= 0.3 is 0 Å². The van der Waals surface area contributed by atoms with Gasteiger partial charge in [0.05, 0.1) is 6.61 Å². The first-order chi connectivity index (χ1) is 6.22. The van der Waals surface area contributed by atoms with Crippen LogP contribution in [0.2, 0.25) is 0 Å². The van der Waals surface area contributed by atoms with E-state index in [9.17, 15) is 9.18 Å². The zero-order chi connectivity index (χ0) is 9.42. The number of carbonyl (C=O) groups is 1. The smallest absolute Gasteiger partial charge is 0.163 e. The Hall–Kier alpha value is -1.22. The van der Waals surface area contributed by atoms with Crippen molar-refractivity contribution in [2.24, 2.45) is 0 Å². The van der Waals surface area contributed by atoms with Crippen LogP contribution >= 0.6 is 0 Å². The Morgan fingerprint density at radius 2 is 2.31 bits per heavy atom. The molecule has 0 saturated heterocycles. The minimum absolute atomic E-state index is 0.0512. The van der Waals surface area contributed by atoms with Gasteiger partial charge in [-0.05, 0) is 17.7 Å². The number of carbonyl (C=O) groups excluding carboxylic acids is 1. The molecule has 0 amide bonds. The first kappa shape index (κ1) is 8.38. The maximum Gasteiger partial charge on any atom is 0.163 e. The van der Waals surface area contributed by atoms with E-state index >= 15 is 0 Å². The van der Waals surface area contributed by atoms with Crippen molar-refractivity contribution in [2.45, 2.75) is 12.3 Å². The maximum absolute atomic E-state index is 12.8. The Morgan fingerprint density at radius 3 is 3.00 bits per heavy atom. The van der Waals surface area contributed by atoms with Gasteiger partial charge in [0.25, 0.3) is 0 Å². The van der Waals surface area contributed by atoms with Crippen molar-refractivity contribution in [1.29, 1.82) is 0 Å². The van der Waals surface area contributed by atoms with Crippen LogP contribution in [0.5, 0.6) is 0 Å². The van der Waals surface area contributed by atoms with Crippen LogP contribution in [0.15, 0.2) is 18.2 Å².